The van der Waals surface area contributed by atoms with Crippen molar-refractivity contribution in [1.29, 1.82) is 0 Å². The molecule has 1 aromatic rings. The lowest BCUT2D eigenvalue weighted by atomic mass is 10.0. The van der Waals surface area contributed by atoms with Gasteiger partial charge in [-0.25, -0.2) is 9.97 Å². The summed E-state index contributed by atoms with van der Waals surface area (Å²) in [5.41, 5.74) is 5.89. The first-order chi connectivity index (χ1) is 8.22. The highest BCUT2D eigenvalue weighted by atomic mass is 35.5. The van der Waals surface area contributed by atoms with E-state index in [2.05, 4.69) is 15.3 Å². The number of nitrogens with zero attached hydrogens (tertiary/aromatic N) is 2. The van der Waals surface area contributed by atoms with Gasteiger partial charge in [-0.3, -0.25) is 4.79 Å². The number of nitrogens with one attached hydrogen (secondary N) is 1. The Morgan fingerprint density at radius 1 is 1.59 bits per heavy atom. The van der Waals surface area contributed by atoms with Gasteiger partial charge in [-0.05, 0) is 25.3 Å². The summed E-state index contributed by atoms with van der Waals surface area (Å²) in [6.07, 6.45) is 5.87. The molecule has 0 bridgehead atoms. The fraction of sp³-hybridized carbons (Fsp3) is 0.545. The first-order valence-corrected chi connectivity index (χ1v) is 6.06. The molecule has 1 fully saturated rings. The summed E-state index contributed by atoms with van der Waals surface area (Å²) in [4.78, 5) is 19.6. The van der Waals surface area contributed by atoms with Gasteiger partial charge in [0.2, 0.25) is 0 Å². The highest BCUT2D eigenvalue weighted by Crippen LogP contribution is 2.25. The average molecular weight is 255 g/mol. The molecule has 1 aromatic heterocycles. The number of carbonyl (C=O) groups excluding carboxylic acids is 1. The molecule has 2 atom stereocenters. The molecule has 0 spiro atoms. The minimum absolute atomic E-state index is 0.138. The van der Waals surface area contributed by atoms with Crippen LogP contribution in [0.25, 0.3) is 0 Å². The van der Waals surface area contributed by atoms with Crippen LogP contribution in [-0.2, 0) is 0 Å². The molecule has 0 saturated heterocycles. The molecular formula is C11H15ClN4O. The second-order valence-electron chi connectivity index (χ2n) is 4.23. The standard InChI is InChI=1S/C11H15ClN4O/c12-8-5-14-6-15-10(8)11(17)16-9-3-1-2-7(9)4-13/h5-7,9H,1-4,13H2,(H,16,17)/t7-,9+/m1/s1. The monoisotopic (exact) mass is 254 g/mol. The van der Waals surface area contributed by atoms with Gasteiger partial charge in [0.05, 0.1) is 5.02 Å². The van der Waals surface area contributed by atoms with Crippen molar-refractivity contribution in [3.8, 4) is 0 Å². The van der Waals surface area contributed by atoms with Gasteiger partial charge in [0, 0.05) is 12.2 Å². The molecule has 6 heteroatoms. The molecule has 3 N–H and O–H groups in total. The van der Waals surface area contributed by atoms with Crippen LogP contribution < -0.4 is 11.1 Å². The molecular weight excluding hydrogens is 240 g/mol. The first-order valence-electron chi connectivity index (χ1n) is 5.68. The van der Waals surface area contributed by atoms with Crippen LogP contribution in [0, 0.1) is 5.92 Å². The van der Waals surface area contributed by atoms with Crippen LogP contribution in [0.1, 0.15) is 29.8 Å². The van der Waals surface area contributed by atoms with Gasteiger partial charge in [0.25, 0.3) is 5.91 Å². The van der Waals surface area contributed by atoms with Crippen LogP contribution in [0.5, 0.6) is 0 Å². The summed E-state index contributed by atoms with van der Waals surface area (Å²) in [7, 11) is 0. The fourth-order valence-corrected chi connectivity index (χ4v) is 2.42. The summed E-state index contributed by atoms with van der Waals surface area (Å²) >= 11 is 5.86. The van der Waals surface area contributed by atoms with Gasteiger partial charge < -0.3 is 11.1 Å². The Balaban J connectivity index is 2.04. The number of nitrogens with two attached hydrogens (primary N) is 1. The van der Waals surface area contributed by atoms with E-state index in [0.29, 0.717) is 12.5 Å². The topological polar surface area (TPSA) is 80.9 Å². The van der Waals surface area contributed by atoms with Crippen LogP contribution >= 0.6 is 11.6 Å². The lowest BCUT2D eigenvalue weighted by Gasteiger charge is -2.19. The highest BCUT2D eigenvalue weighted by Gasteiger charge is 2.28. The van der Waals surface area contributed by atoms with E-state index in [4.69, 9.17) is 17.3 Å². The Hall–Kier alpha value is -1.20. The van der Waals surface area contributed by atoms with Crippen molar-refractivity contribution in [3.05, 3.63) is 23.2 Å². The van der Waals surface area contributed by atoms with Gasteiger partial charge in [0.15, 0.2) is 0 Å². The Morgan fingerprint density at radius 3 is 3.12 bits per heavy atom. The fourth-order valence-electron chi connectivity index (χ4n) is 2.23. The molecule has 1 saturated carbocycles. The van der Waals surface area contributed by atoms with Crippen molar-refractivity contribution in [2.45, 2.75) is 25.3 Å². The zero-order valence-corrected chi connectivity index (χ0v) is 10.2. The quantitative estimate of drug-likeness (QED) is 0.843. The summed E-state index contributed by atoms with van der Waals surface area (Å²) in [6.45, 7) is 0.600. The van der Waals surface area contributed by atoms with Crippen molar-refractivity contribution >= 4 is 17.5 Å². The highest BCUT2D eigenvalue weighted by molar-refractivity contribution is 6.33. The molecule has 1 heterocycles. The largest absolute Gasteiger partial charge is 0.348 e. The lowest BCUT2D eigenvalue weighted by Crippen LogP contribution is -2.40. The zero-order chi connectivity index (χ0) is 12.3. The Kier molecular flexibility index (Phi) is 3.91. The third kappa shape index (κ3) is 2.73. The minimum Gasteiger partial charge on any atom is -0.348 e. The smallest absolute Gasteiger partial charge is 0.271 e. The van der Waals surface area contributed by atoms with Crippen molar-refractivity contribution in [1.82, 2.24) is 15.3 Å². The SMILES string of the molecule is NC[C@H]1CCC[C@@H]1NC(=O)c1ncncc1Cl. The van der Waals surface area contributed by atoms with E-state index in [-0.39, 0.29) is 22.7 Å². The second-order valence-corrected chi connectivity index (χ2v) is 4.63. The maximum absolute atomic E-state index is 12.0. The normalized spacial score (nSPS) is 23.6. The second kappa shape index (κ2) is 5.42. The number of halogens is 1. The molecule has 0 aromatic carbocycles. The van der Waals surface area contributed by atoms with Gasteiger partial charge in [-0.15, -0.1) is 0 Å². The number of rotatable bonds is 3. The third-order valence-corrected chi connectivity index (χ3v) is 3.44. The van der Waals surface area contributed by atoms with Gasteiger partial charge in [-0.2, -0.15) is 0 Å². The zero-order valence-electron chi connectivity index (χ0n) is 9.40. The van der Waals surface area contributed by atoms with E-state index in [1.165, 1.54) is 12.5 Å². The number of hydrogen-bond donors (Lipinski definition) is 2. The predicted octanol–water partition coefficient (Wildman–Crippen LogP) is 0.987. The molecule has 17 heavy (non-hydrogen) atoms. The molecule has 1 amide bonds. The van der Waals surface area contributed by atoms with Crippen molar-refractivity contribution < 1.29 is 4.79 Å². The van der Waals surface area contributed by atoms with E-state index < -0.39 is 0 Å². The Bertz CT molecular complexity index is 412. The van der Waals surface area contributed by atoms with Crippen molar-refractivity contribution in [3.63, 3.8) is 0 Å². The Labute approximate surface area is 105 Å². The maximum atomic E-state index is 12.0. The predicted molar refractivity (Wildman–Crippen MR) is 64.7 cm³/mol. The number of carbonyl (C=O) groups is 1. The summed E-state index contributed by atoms with van der Waals surface area (Å²) in [6, 6.07) is 0.138. The van der Waals surface area contributed by atoms with Crippen LogP contribution in [0.15, 0.2) is 12.5 Å². The molecule has 92 valence electrons. The van der Waals surface area contributed by atoms with Crippen molar-refractivity contribution in [2.24, 2.45) is 11.7 Å². The van der Waals surface area contributed by atoms with Crippen LogP contribution in [0.3, 0.4) is 0 Å². The van der Waals surface area contributed by atoms with E-state index in [1.54, 1.807) is 0 Å². The number of aromatic nitrogens is 2. The van der Waals surface area contributed by atoms with Crippen LogP contribution in [-0.4, -0.2) is 28.5 Å². The van der Waals surface area contributed by atoms with Gasteiger partial charge in [0.1, 0.15) is 12.0 Å². The lowest BCUT2D eigenvalue weighted by molar-refractivity contribution is 0.0923. The molecule has 5 nitrogen and oxygen atoms in total. The first kappa shape index (κ1) is 12.3. The Morgan fingerprint density at radius 2 is 2.41 bits per heavy atom. The minimum atomic E-state index is -0.247. The molecule has 1 aliphatic carbocycles. The average Bonchev–Trinajstić information content (AvgIpc) is 2.76. The molecule has 0 unspecified atom stereocenters. The molecule has 0 radical (unpaired) electrons. The number of hydrogen-bond acceptors (Lipinski definition) is 4. The maximum Gasteiger partial charge on any atom is 0.271 e. The number of amides is 1. The summed E-state index contributed by atoms with van der Waals surface area (Å²) in [5, 5.41) is 3.21. The third-order valence-electron chi connectivity index (χ3n) is 3.16. The van der Waals surface area contributed by atoms with Crippen LogP contribution in [0.4, 0.5) is 0 Å². The van der Waals surface area contributed by atoms with Gasteiger partial charge in [-0.1, -0.05) is 18.0 Å². The van der Waals surface area contributed by atoms with Gasteiger partial charge >= 0.3 is 0 Å². The van der Waals surface area contributed by atoms with Crippen molar-refractivity contribution in [2.75, 3.05) is 6.54 Å². The van der Waals surface area contributed by atoms with E-state index in [9.17, 15) is 4.79 Å². The van der Waals surface area contributed by atoms with E-state index >= 15 is 0 Å². The van der Waals surface area contributed by atoms with E-state index in [1.807, 2.05) is 0 Å². The van der Waals surface area contributed by atoms with Crippen LogP contribution in [0.2, 0.25) is 5.02 Å². The molecule has 2 rings (SSSR count). The summed E-state index contributed by atoms with van der Waals surface area (Å²) < 4.78 is 0. The van der Waals surface area contributed by atoms with E-state index in [0.717, 1.165) is 19.3 Å². The summed E-state index contributed by atoms with van der Waals surface area (Å²) in [5.74, 6) is 0.113. The molecule has 0 aliphatic heterocycles. The molecule has 1 aliphatic rings.